The third-order valence-electron chi connectivity index (χ3n) is 5.85. The molecule has 1 saturated heterocycles. The van der Waals surface area contributed by atoms with E-state index in [2.05, 4.69) is 0 Å². The second-order valence-corrected chi connectivity index (χ2v) is 8.61. The van der Waals surface area contributed by atoms with Gasteiger partial charge in [0, 0.05) is 16.8 Å². The molecule has 0 aromatic heterocycles. The van der Waals surface area contributed by atoms with Crippen molar-refractivity contribution < 1.29 is 28.9 Å². The zero-order valence-corrected chi connectivity index (χ0v) is 21.6. The summed E-state index contributed by atoms with van der Waals surface area (Å²) in [6, 6.07) is 17.8. The lowest BCUT2D eigenvalue weighted by molar-refractivity contribution is -0.132. The van der Waals surface area contributed by atoms with E-state index in [0.717, 1.165) is 0 Å². The molecule has 8 heteroatoms. The van der Waals surface area contributed by atoms with Crippen LogP contribution in [0.5, 0.6) is 17.2 Å². The first-order chi connectivity index (χ1) is 17.9. The maximum atomic E-state index is 13.5. The number of nitrogens with zero attached hydrogens (tertiary/aromatic N) is 1. The highest BCUT2D eigenvalue weighted by atomic mass is 35.5. The van der Waals surface area contributed by atoms with E-state index in [1.807, 2.05) is 20.8 Å². The predicted octanol–water partition coefficient (Wildman–Crippen LogP) is 6.16. The molecule has 0 spiro atoms. The molecule has 4 rings (SSSR count). The van der Waals surface area contributed by atoms with E-state index in [1.54, 1.807) is 66.7 Å². The quantitative estimate of drug-likeness (QED) is 0.206. The van der Waals surface area contributed by atoms with Crippen molar-refractivity contribution in [3.63, 3.8) is 0 Å². The van der Waals surface area contributed by atoms with Crippen LogP contribution in [0.2, 0.25) is 5.02 Å². The molecule has 1 aliphatic heterocycles. The van der Waals surface area contributed by atoms with Crippen LogP contribution in [0.15, 0.2) is 72.3 Å². The number of aliphatic hydroxyl groups is 1. The Balaban J connectivity index is 1.94. The number of hydrogen-bond acceptors (Lipinski definition) is 6. The van der Waals surface area contributed by atoms with Gasteiger partial charge >= 0.3 is 0 Å². The number of Topliss-reactive ketones (excluding diaryl/α,β-unsaturated/α-hetero) is 1. The summed E-state index contributed by atoms with van der Waals surface area (Å²) in [5.41, 5.74) is 1.30. The molecule has 3 aromatic carbocycles. The van der Waals surface area contributed by atoms with E-state index in [9.17, 15) is 14.7 Å². The molecule has 1 N–H and O–H groups in total. The average molecular weight is 522 g/mol. The van der Waals surface area contributed by atoms with Crippen molar-refractivity contribution >= 4 is 34.7 Å². The summed E-state index contributed by atoms with van der Waals surface area (Å²) in [5.74, 6) is -0.434. The van der Waals surface area contributed by atoms with Gasteiger partial charge in [-0.1, -0.05) is 23.7 Å². The van der Waals surface area contributed by atoms with Gasteiger partial charge in [0.2, 0.25) is 0 Å². The number of halogens is 1. The molecule has 1 aliphatic rings. The van der Waals surface area contributed by atoms with Crippen molar-refractivity contribution in [2.75, 3.05) is 24.7 Å². The molecule has 1 heterocycles. The van der Waals surface area contributed by atoms with Gasteiger partial charge in [0.15, 0.2) is 0 Å². The third kappa shape index (κ3) is 5.27. The van der Waals surface area contributed by atoms with E-state index < -0.39 is 17.7 Å². The zero-order chi connectivity index (χ0) is 26.5. The Morgan fingerprint density at radius 1 is 0.865 bits per heavy atom. The monoisotopic (exact) mass is 521 g/mol. The van der Waals surface area contributed by atoms with E-state index in [-0.39, 0.29) is 16.9 Å². The number of rotatable bonds is 9. The molecule has 3 aromatic rings. The number of aliphatic hydroxyl groups excluding tert-OH is 1. The fourth-order valence-electron chi connectivity index (χ4n) is 4.33. The number of amides is 1. The highest BCUT2D eigenvalue weighted by Gasteiger charge is 2.47. The van der Waals surface area contributed by atoms with Gasteiger partial charge < -0.3 is 19.3 Å². The second-order valence-electron chi connectivity index (χ2n) is 8.18. The summed E-state index contributed by atoms with van der Waals surface area (Å²) in [4.78, 5) is 28.2. The average Bonchev–Trinajstić information content (AvgIpc) is 3.15. The van der Waals surface area contributed by atoms with E-state index in [1.165, 1.54) is 4.90 Å². The van der Waals surface area contributed by atoms with Crippen LogP contribution >= 0.6 is 11.6 Å². The molecule has 192 valence electrons. The summed E-state index contributed by atoms with van der Waals surface area (Å²) < 4.78 is 17.0. The van der Waals surface area contributed by atoms with E-state index in [4.69, 9.17) is 25.8 Å². The Labute approximate surface area is 220 Å². The number of ether oxygens (including phenoxy) is 3. The molecule has 1 unspecified atom stereocenters. The number of carbonyl (C=O) groups is 2. The first-order valence-electron chi connectivity index (χ1n) is 12.1. The lowest BCUT2D eigenvalue weighted by atomic mass is 9.94. The molecular weight excluding hydrogens is 494 g/mol. The third-order valence-corrected chi connectivity index (χ3v) is 6.11. The Hall–Kier alpha value is -3.97. The van der Waals surface area contributed by atoms with Crippen LogP contribution in [0.25, 0.3) is 5.76 Å². The van der Waals surface area contributed by atoms with Gasteiger partial charge in [0.25, 0.3) is 11.7 Å². The number of carbonyl (C=O) groups excluding carboxylic acids is 2. The normalized spacial score (nSPS) is 16.6. The molecule has 0 saturated carbocycles. The van der Waals surface area contributed by atoms with Crippen LogP contribution in [0.3, 0.4) is 0 Å². The molecule has 37 heavy (non-hydrogen) atoms. The topological polar surface area (TPSA) is 85.3 Å². The van der Waals surface area contributed by atoms with Gasteiger partial charge in [-0.15, -0.1) is 0 Å². The van der Waals surface area contributed by atoms with Gasteiger partial charge in [-0.2, -0.15) is 0 Å². The van der Waals surface area contributed by atoms with E-state index >= 15 is 0 Å². The first kappa shape index (κ1) is 26.1. The summed E-state index contributed by atoms with van der Waals surface area (Å²) in [5, 5.41) is 12.0. The van der Waals surface area contributed by atoms with Crippen molar-refractivity contribution in [1.82, 2.24) is 0 Å². The number of anilines is 1. The van der Waals surface area contributed by atoms with Gasteiger partial charge in [0.05, 0.1) is 37.0 Å². The Morgan fingerprint density at radius 3 is 2.16 bits per heavy atom. The molecule has 1 atom stereocenters. The van der Waals surface area contributed by atoms with Gasteiger partial charge in [0.1, 0.15) is 23.0 Å². The summed E-state index contributed by atoms with van der Waals surface area (Å²) in [7, 11) is 0. The second kappa shape index (κ2) is 11.4. The number of benzene rings is 3. The first-order valence-corrected chi connectivity index (χ1v) is 12.5. The summed E-state index contributed by atoms with van der Waals surface area (Å²) in [6.07, 6.45) is 0. The molecule has 0 aliphatic carbocycles. The molecule has 0 radical (unpaired) electrons. The highest BCUT2D eigenvalue weighted by Crippen LogP contribution is 2.44. The largest absolute Gasteiger partial charge is 0.507 e. The summed E-state index contributed by atoms with van der Waals surface area (Å²) >= 11 is 6.07. The minimum absolute atomic E-state index is 0.0567. The number of ketones is 1. The van der Waals surface area contributed by atoms with Crippen molar-refractivity contribution in [3.8, 4) is 17.2 Å². The smallest absolute Gasteiger partial charge is 0.300 e. The van der Waals surface area contributed by atoms with Crippen molar-refractivity contribution in [2.45, 2.75) is 26.8 Å². The van der Waals surface area contributed by atoms with Crippen molar-refractivity contribution in [1.29, 1.82) is 0 Å². The maximum absolute atomic E-state index is 13.5. The lowest BCUT2D eigenvalue weighted by Crippen LogP contribution is -2.29. The standard InChI is InChI=1S/C29H28ClNO6/c1-4-35-21-9-7-8-18(16-21)26-25(28(33)29(34)31(26)20-12-10-19(30)11-13-20)27(32)23-15-14-22(36-5-2)17-24(23)37-6-3/h7-17,26,32H,4-6H2,1-3H3/b27-25+. The zero-order valence-electron chi connectivity index (χ0n) is 20.9. The Bertz CT molecular complexity index is 1330. The van der Waals surface area contributed by atoms with Crippen LogP contribution in [-0.4, -0.2) is 36.6 Å². The van der Waals surface area contributed by atoms with Gasteiger partial charge in [-0.05, 0) is 74.9 Å². The molecular formula is C29H28ClNO6. The minimum Gasteiger partial charge on any atom is -0.507 e. The van der Waals surface area contributed by atoms with Gasteiger partial charge in [-0.25, -0.2) is 0 Å². The molecule has 0 bridgehead atoms. The van der Waals surface area contributed by atoms with Crippen LogP contribution in [0, 0.1) is 0 Å². The van der Waals surface area contributed by atoms with Crippen LogP contribution in [0.1, 0.15) is 37.9 Å². The molecule has 7 nitrogen and oxygen atoms in total. The molecule has 1 amide bonds. The van der Waals surface area contributed by atoms with Crippen LogP contribution < -0.4 is 19.1 Å². The van der Waals surface area contributed by atoms with Crippen LogP contribution in [0.4, 0.5) is 5.69 Å². The summed E-state index contributed by atoms with van der Waals surface area (Å²) in [6.45, 7) is 6.78. The van der Waals surface area contributed by atoms with Crippen LogP contribution in [-0.2, 0) is 9.59 Å². The fourth-order valence-corrected chi connectivity index (χ4v) is 4.46. The van der Waals surface area contributed by atoms with Gasteiger partial charge in [-0.3, -0.25) is 14.5 Å². The minimum atomic E-state index is -0.914. The lowest BCUT2D eigenvalue weighted by Gasteiger charge is -2.26. The Morgan fingerprint density at radius 2 is 1.51 bits per heavy atom. The highest BCUT2D eigenvalue weighted by molar-refractivity contribution is 6.51. The maximum Gasteiger partial charge on any atom is 0.300 e. The van der Waals surface area contributed by atoms with E-state index in [0.29, 0.717) is 53.3 Å². The fraction of sp³-hybridized carbons (Fsp3) is 0.241. The predicted molar refractivity (Wildman–Crippen MR) is 143 cm³/mol. The molecule has 1 fully saturated rings. The Kier molecular flexibility index (Phi) is 8.04. The number of hydrogen-bond donors (Lipinski definition) is 1. The SMILES string of the molecule is CCOc1cccc(C2/C(=C(\O)c3ccc(OCC)cc3OCC)C(=O)C(=O)N2c2ccc(Cl)cc2)c1. The van der Waals surface area contributed by atoms with Crippen molar-refractivity contribution in [3.05, 3.63) is 88.5 Å². The van der Waals surface area contributed by atoms with Crippen molar-refractivity contribution in [2.24, 2.45) is 0 Å².